The quantitative estimate of drug-likeness (QED) is 0.859. The van der Waals surface area contributed by atoms with Gasteiger partial charge in [0.05, 0.1) is 14.2 Å². The van der Waals surface area contributed by atoms with Crippen molar-refractivity contribution in [3.63, 3.8) is 0 Å². The Bertz CT molecular complexity index is 553. The first-order valence-corrected chi connectivity index (χ1v) is 5.89. The molecule has 2 N–H and O–H groups in total. The van der Waals surface area contributed by atoms with Gasteiger partial charge in [-0.3, -0.25) is 0 Å². The molecule has 0 aliphatic heterocycles. The molecule has 0 amide bonds. The van der Waals surface area contributed by atoms with Gasteiger partial charge >= 0.3 is 0 Å². The van der Waals surface area contributed by atoms with Gasteiger partial charge in [0.1, 0.15) is 11.5 Å². The Kier molecular flexibility index (Phi) is 3.96. The molecule has 1 unspecified atom stereocenters. The van der Waals surface area contributed by atoms with E-state index in [9.17, 15) is 0 Å². The van der Waals surface area contributed by atoms with Gasteiger partial charge in [-0.25, -0.2) is 0 Å². The average Bonchev–Trinajstić information content (AvgIpc) is 2.81. The maximum atomic E-state index is 5.91. The SMILES string of the molecule is COc1ccc(C(C)N)c(OCc2nnn(C)n2)c1. The number of aromatic nitrogens is 4. The second kappa shape index (κ2) is 5.66. The highest BCUT2D eigenvalue weighted by atomic mass is 16.5. The molecular formula is C12H17N5O2. The summed E-state index contributed by atoms with van der Waals surface area (Å²) < 4.78 is 10.9. The van der Waals surface area contributed by atoms with E-state index in [2.05, 4.69) is 15.4 Å². The van der Waals surface area contributed by atoms with Gasteiger partial charge in [0.2, 0.25) is 5.82 Å². The van der Waals surface area contributed by atoms with E-state index in [-0.39, 0.29) is 12.6 Å². The Morgan fingerprint density at radius 1 is 1.42 bits per heavy atom. The Hall–Kier alpha value is -2.15. The lowest BCUT2D eigenvalue weighted by atomic mass is 10.1. The summed E-state index contributed by atoms with van der Waals surface area (Å²) in [7, 11) is 3.31. The molecule has 1 atom stereocenters. The molecule has 0 spiro atoms. The molecule has 0 bridgehead atoms. The molecule has 1 aromatic heterocycles. The molecule has 0 saturated carbocycles. The van der Waals surface area contributed by atoms with Crippen molar-refractivity contribution in [3.05, 3.63) is 29.6 Å². The number of rotatable bonds is 5. The maximum Gasteiger partial charge on any atom is 0.212 e. The van der Waals surface area contributed by atoms with Crippen LogP contribution in [0.5, 0.6) is 11.5 Å². The molecule has 2 aromatic rings. The Morgan fingerprint density at radius 3 is 2.79 bits per heavy atom. The zero-order valence-corrected chi connectivity index (χ0v) is 11.2. The van der Waals surface area contributed by atoms with Crippen LogP contribution >= 0.6 is 0 Å². The lowest BCUT2D eigenvalue weighted by Crippen LogP contribution is -2.09. The van der Waals surface area contributed by atoms with Crippen LogP contribution in [0.1, 0.15) is 24.4 Å². The van der Waals surface area contributed by atoms with Crippen LogP contribution in [0, 0.1) is 0 Å². The largest absolute Gasteiger partial charge is 0.497 e. The summed E-state index contributed by atoms with van der Waals surface area (Å²) in [6.45, 7) is 2.13. The van der Waals surface area contributed by atoms with E-state index >= 15 is 0 Å². The number of nitrogens with zero attached hydrogens (tertiary/aromatic N) is 4. The van der Waals surface area contributed by atoms with Crippen LogP contribution in [-0.2, 0) is 13.7 Å². The molecule has 1 aromatic carbocycles. The van der Waals surface area contributed by atoms with E-state index in [4.69, 9.17) is 15.2 Å². The summed E-state index contributed by atoms with van der Waals surface area (Å²) in [5.74, 6) is 1.90. The van der Waals surface area contributed by atoms with Crippen molar-refractivity contribution >= 4 is 0 Å². The number of hydrogen-bond acceptors (Lipinski definition) is 6. The molecule has 0 radical (unpaired) electrons. The predicted molar refractivity (Wildman–Crippen MR) is 68.7 cm³/mol. The number of aryl methyl sites for hydroxylation is 1. The van der Waals surface area contributed by atoms with Gasteiger partial charge in [-0.05, 0) is 18.2 Å². The van der Waals surface area contributed by atoms with Crippen LogP contribution in [0.4, 0.5) is 0 Å². The van der Waals surface area contributed by atoms with Crippen molar-refractivity contribution in [1.82, 2.24) is 20.2 Å². The number of ether oxygens (including phenoxy) is 2. The van der Waals surface area contributed by atoms with Crippen molar-refractivity contribution in [2.24, 2.45) is 12.8 Å². The van der Waals surface area contributed by atoms with Gasteiger partial charge < -0.3 is 15.2 Å². The fourth-order valence-corrected chi connectivity index (χ4v) is 1.67. The molecule has 0 aliphatic carbocycles. The van der Waals surface area contributed by atoms with E-state index < -0.39 is 0 Å². The van der Waals surface area contributed by atoms with E-state index in [0.29, 0.717) is 17.3 Å². The third-order valence-corrected chi connectivity index (χ3v) is 2.62. The monoisotopic (exact) mass is 263 g/mol. The number of nitrogens with two attached hydrogens (primary N) is 1. The lowest BCUT2D eigenvalue weighted by molar-refractivity contribution is 0.288. The van der Waals surface area contributed by atoms with Crippen molar-refractivity contribution in [2.45, 2.75) is 19.6 Å². The Labute approximate surface area is 111 Å². The summed E-state index contributed by atoms with van der Waals surface area (Å²) in [4.78, 5) is 1.39. The average molecular weight is 263 g/mol. The highest BCUT2D eigenvalue weighted by Crippen LogP contribution is 2.28. The second-order valence-electron chi connectivity index (χ2n) is 4.18. The molecule has 2 rings (SSSR count). The van der Waals surface area contributed by atoms with Crippen LogP contribution in [0.25, 0.3) is 0 Å². The fraction of sp³-hybridized carbons (Fsp3) is 0.417. The van der Waals surface area contributed by atoms with E-state index in [1.165, 1.54) is 4.80 Å². The molecule has 102 valence electrons. The molecule has 0 aliphatic rings. The van der Waals surface area contributed by atoms with Crippen molar-refractivity contribution in [2.75, 3.05) is 7.11 Å². The number of benzene rings is 1. The zero-order chi connectivity index (χ0) is 13.8. The summed E-state index contributed by atoms with van der Waals surface area (Å²) in [6.07, 6.45) is 0. The first-order valence-electron chi connectivity index (χ1n) is 5.89. The van der Waals surface area contributed by atoms with Gasteiger partial charge in [0, 0.05) is 17.7 Å². The Morgan fingerprint density at radius 2 is 2.21 bits per heavy atom. The van der Waals surface area contributed by atoms with Gasteiger partial charge in [0.15, 0.2) is 6.61 Å². The summed E-state index contributed by atoms with van der Waals surface area (Å²) in [6, 6.07) is 5.42. The van der Waals surface area contributed by atoms with Gasteiger partial charge in [-0.15, -0.1) is 10.2 Å². The van der Waals surface area contributed by atoms with Gasteiger partial charge in [-0.2, -0.15) is 4.80 Å². The zero-order valence-electron chi connectivity index (χ0n) is 11.2. The topological polar surface area (TPSA) is 88.1 Å². The molecule has 7 nitrogen and oxygen atoms in total. The van der Waals surface area contributed by atoms with E-state index in [1.54, 1.807) is 20.2 Å². The molecule has 0 saturated heterocycles. The van der Waals surface area contributed by atoms with Crippen LogP contribution in [0.2, 0.25) is 0 Å². The highest BCUT2D eigenvalue weighted by Gasteiger charge is 2.11. The van der Waals surface area contributed by atoms with Gasteiger partial charge in [0.25, 0.3) is 0 Å². The minimum atomic E-state index is -0.129. The first-order chi connectivity index (χ1) is 9.10. The first kappa shape index (κ1) is 13.3. The molecule has 19 heavy (non-hydrogen) atoms. The van der Waals surface area contributed by atoms with Crippen LogP contribution < -0.4 is 15.2 Å². The molecular weight excluding hydrogens is 246 g/mol. The van der Waals surface area contributed by atoms with Crippen molar-refractivity contribution in [3.8, 4) is 11.5 Å². The van der Waals surface area contributed by atoms with Crippen LogP contribution in [0.15, 0.2) is 18.2 Å². The second-order valence-corrected chi connectivity index (χ2v) is 4.18. The van der Waals surface area contributed by atoms with E-state index in [1.807, 2.05) is 19.1 Å². The standard InChI is InChI=1S/C12H17N5O2/c1-8(13)10-5-4-9(18-3)6-11(10)19-7-12-14-16-17(2)15-12/h4-6,8H,7,13H2,1-3H3. The normalized spacial score (nSPS) is 12.2. The van der Waals surface area contributed by atoms with Crippen molar-refractivity contribution < 1.29 is 9.47 Å². The van der Waals surface area contributed by atoms with Crippen LogP contribution in [0.3, 0.4) is 0 Å². The number of methoxy groups -OCH3 is 1. The Balaban J connectivity index is 2.17. The third-order valence-electron chi connectivity index (χ3n) is 2.62. The van der Waals surface area contributed by atoms with E-state index in [0.717, 1.165) is 5.56 Å². The maximum absolute atomic E-state index is 5.91. The summed E-state index contributed by atoms with van der Waals surface area (Å²) >= 11 is 0. The van der Waals surface area contributed by atoms with Crippen LogP contribution in [-0.4, -0.2) is 27.3 Å². The van der Waals surface area contributed by atoms with Gasteiger partial charge in [-0.1, -0.05) is 6.07 Å². The number of tetrazole rings is 1. The minimum Gasteiger partial charge on any atom is -0.497 e. The van der Waals surface area contributed by atoms with Crippen molar-refractivity contribution in [1.29, 1.82) is 0 Å². The predicted octanol–water partition coefficient (Wildman–Crippen LogP) is 0.817. The number of hydrogen-bond donors (Lipinski definition) is 1. The smallest absolute Gasteiger partial charge is 0.212 e. The summed E-state index contributed by atoms with van der Waals surface area (Å²) in [5.41, 5.74) is 6.82. The minimum absolute atomic E-state index is 0.129. The molecule has 1 heterocycles. The lowest BCUT2D eigenvalue weighted by Gasteiger charge is -2.14. The molecule has 0 fully saturated rings. The highest BCUT2D eigenvalue weighted by molar-refractivity contribution is 5.42. The molecule has 7 heteroatoms. The summed E-state index contributed by atoms with van der Waals surface area (Å²) in [5, 5.41) is 11.7. The third kappa shape index (κ3) is 3.19. The fourth-order valence-electron chi connectivity index (χ4n) is 1.67.